The average molecular weight is 304 g/mol. The van der Waals surface area contributed by atoms with Gasteiger partial charge in [-0.15, -0.1) is 6.58 Å². The van der Waals surface area contributed by atoms with Crippen LogP contribution in [0.3, 0.4) is 0 Å². The summed E-state index contributed by atoms with van der Waals surface area (Å²) in [6, 6.07) is 5.22. The van der Waals surface area contributed by atoms with E-state index in [9.17, 15) is 9.59 Å². The Morgan fingerprint density at radius 2 is 2.10 bits per heavy atom. The molecule has 0 radical (unpaired) electrons. The van der Waals surface area contributed by atoms with Crippen LogP contribution in [0.25, 0.3) is 0 Å². The molecule has 0 unspecified atom stereocenters. The highest BCUT2D eigenvalue weighted by Gasteiger charge is 2.09. The van der Waals surface area contributed by atoms with E-state index in [0.29, 0.717) is 23.6 Å². The fraction of sp³-hybridized carbons (Fsp3) is 0.250. The molecular weight excluding hydrogens is 284 g/mol. The summed E-state index contributed by atoms with van der Waals surface area (Å²) in [6.07, 6.45) is 2.07. The van der Waals surface area contributed by atoms with Crippen LogP contribution in [0.2, 0.25) is 0 Å². The topological polar surface area (TPSA) is 58.2 Å². The maximum Gasteiger partial charge on any atom is 0.319 e. The number of Topliss-reactive ketones (excluding diaryl/α,β-unsaturated/α-hetero) is 1. The molecule has 0 saturated heterocycles. The first-order chi connectivity index (χ1) is 9.97. The molecule has 1 aromatic carbocycles. The molecule has 0 saturated carbocycles. The number of thioether (sulfide) groups is 1. The van der Waals surface area contributed by atoms with E-state index in [1.54, 1.807) is 6.08 Å². The molecule has 0 aromatic heterocycles. The van der Waals surface area contributed by atoms with Crippen molar-refractivity contribution in [2.75, 3.05) is 6.54 Å². The van der Waals surface area contributed by atoms with E-state index in [2.05, 4.69) is 23.8 Å². The number of carbonyl (C=O) groups is 2. The van der Waals surface area contributed by atoms with Gasteiger partial charge in [0, 0.05) is 23.4 Å². The van der Waals surface area contributed by atoms with Gasteiger partial charge in [-0.3, -0.25) is 4.79 Å². The molecule has 0 fully saturated rings. The summed E-state index contributed by atoms with van der Waals surface area (Å²) in [5.41, 5.74) is 1.71. The molecule has 1 aromatic rings. The van der Waals surface area contributed by atoms with E-state index in [1.807, 2.05) is 32.0 Å². The Morgan fingerprint density at radius 1 is 1.38 bits per heavy atom. The molecule has 0 aliphatic heterocycles. The van der Waals surface area contributed by atoms with Crippen molar-refractivity contribution in [3.8, 4) is 0 Å². The molecule has 0 aliphatic carbocycles. The third kappa shape index (κ3) is 5.47. The summed E-state index contributed by atoms with van der Waals surface area (Å²) < 4.78 is 0. The Kier molecular flexibility index (Phi) is 6.75. The van der Waals surface area contributed by atoms with E-state index >= 15 is 0 Å². The molecule has 2 amide bonds. The summed E-state index contributed by atoms with van der Waals surface area (Å²) in [5, 5.41) is 5.75. The molecule has 112 valence electrons. The summed E-state index contributed by atoms with van der Waals surface area (Å²) in [7, 11) is 0. The molecule has 2 N–H and O–H groups in total. The SMILES string of the molecule is C=CCNC(=O)NC(=C)Sc1cc(C(=O)CC)ccc1C. The minimum Gasteiger partial charge on any atom is -0.334 e. The maximum absolute atomic E-state index is 11.7. The second-order valence-electron chi connectivity index (χ2n) is 4.41. The standard InChI is InChI=1S/C16H20N2O2S/c1-5-9-17-16(20)18-12(4)21-15-10-13(14(19)6-2)8-7-11(15)3/h5,7-8,10H,1,4,6,9H2,2-3H3,(H2,17,18,20). The largest absolute Gasteiger partial charge is 0.334 e. The first kappa shape index (κ1) is 17.0. The minimum absolute atomic E-state index is 0.0964. The van der Waals surface area contributed by atoms with Crippen LogP contribution in [0.4, 0.5) is 4.79 Å². The zero-order chi connectivity index (χ0) is 15.8. The van der Waals surface area contributed by atoms with E-state index in [1.165, 1.54) is 11.8 Å². The van der Waals surface area contributed by atoms with E-state index < -0.39 is 0 Å². The number of urea groups is 1. The maximum atomic E-state index is 11.7. The number of carbonyl (C=O) groups excluding carboxylic acids is 2. The fourth-order valence-corrected chi connectivity index (χ4v) is 2.41. The highest BCUT2D eigenvalue weighted by atomic mass is 32.2. The van der Waals surface area contributed by atoms with Crippen molar-refractivity contribution in [2.24, 2.45) is 0 Å². The molecule has 5 heteroatoms. The summed E-state index contributed by atoms with van der Waals surface area (Å²) in [6.45, 7) is 11.5. The Hall–Kier alpha value is -2.01. The van der Waals surface area contributed by atoms with Gasteiger partial charge >= 0.3 is 6.03 Å². The lowest BCUT2D eigenvalue weighted by Gasteiger charge is -2.11. The van der Waals surface area contributed by atoms with Crippen molar-refractivity contribution in [3.63, 3.8) is 0 Å². The lowest BCUT2D eigenvalue weighted by atomic mass is 10.1. The van der Waals surface area contributed by atoms with Crippen molar-refractivity contribution in [1.29, 1.82) is 0 Å². The van der Waals surface area contributed by atoms with Gasteiger partial charge in [0.1, 0.15) is 0 Å². The number of benzene rings is 1. The highest BCUT2D eigenvalue weighted by Crippen LogP contribution is 2.28. The number of aryl methyl sites for hydroxylation is 1. The van der Waals surface area contributed by atoms with E-state index in [0.717, 1.165) is 10.5 Å². The Labute approximate surface area is 129 Å². The van der Waals surface area contributed by atoms with Crippen LogP contribution >= 0.6 is 11.8 Å². The van der Waals surface area contributed by atoms with E-state index in [-0.39, 0.29) is 11.8 Å². The number of hydrogen-bond donors (Lipinski definition) is 2. The number of ketones is 1. The second-order valence-corrected chi connectivity index (χ2v) is 5.54. The van der Waals surface area contributed by atoms with Gasteiger partial charge in [0.15, 0.2) is 5.78 Å². The molecule has 1 rings (SSSR count). The predicted molar refractivity (Wildman–Crippen MR) is 87.5 cm³/mol. The van der Waals surface area contributed by atoms with Gasteiger partial charge in [-0.05, 0) is 18.6 Å². The molecule has 4 nitrogen and oxygen atoms in total. The molecule has 0 atom stereocenters. The van der Waals surface area contributed by atoms with Crippen LogP contribution in [-0.2, 0) is 0 Å². The van der Waals surface area contributed by atoms with Crippen LogP contribution in [0.15, 0.2) is 47.4 Å². The predicted octanol–water partition coefficient (Wildman–Crippen LogP) is 3.64. The van der Waals surface area contributed by atoms with Crippen LogP contribution in [0.5, 0.6) is 0 Å². The van der Waals surface area contributed by atoms with Gasteiger partial charge in [0.2, 0.25) is 0 Å². The van der Waals surface area contributed by atoms with Gasteiger partial charge in [0.05, 0.1) is 5.03 Å². The van der Waals surface area contributed by atoms with Crippen LogP contribution in [0, 0.1) is 6.92 Å². The molecule has 0 spiro atoms. The highest BCUT2D eigenvalue weighted by molar-refractivity contribution is 8.03. The normalized spacial score (nSPS) is 9.81. The number of nitrogens with one attached hydrogen (secondary N) is 2. The lowest BCUT2D eigenvalue weighted by Crippen LogP contribution is -2.33. The number of hydrogen-bond acceptors (Lipinski definition) is 3. The smallest absolute Gasteiger partial charge is 0.319 e. The summed E-state index contributed by atoms with van der Waals surface area (Å²) >= 11 is 1.33. The molecule has 21 heavy (non-hydrogen) atoms. The third-order valence-corrected chi connectivity index (χ3v) is 3.73. The first-order valence-corrected chi connectivity index (χ1v) is 7.46. The quantitative estimate of drug-likeness (QED) is 0.459. The zero-order valence-electron chi connectivity index (χ0n) is 12.4. The molecule has 0 heterocycles. The number of amides is 2. The van der Waals surface area contributed by atoms with Crippen LogP contribution < -0.4 is 10.6 Å². The average Bonchev–Trinajstić information content (AvgIpc) is 2.46. The van der Waals surface area contributed by atoms with E-state index in [4.69, 9.17) is 0 Å². The first-order valence-electron chi connectivity index (χ1n) is 6.64. The van der Waals surface area contributed by atoms with Crippen LogP contribution in [-0.4, -0.2) is 18.4 Å². The fourth-order valence-electron chi connectivity index (χ4n) is 1.58. The van der Waals surface area contributed by atoms with Crippen molar-refractivity contribution in [2.45, 2.75) is 25.2 Å². The van der Waals surface area contributed by atoms with Gasteiger partial charge in [-0.2, -0.15) is 0 Å². The van der Waals surface area contributed by atoms with Crippen molar-refractivity contribution in [1.82, 2.24) is 10.6 Å². The van der Waals surface area contributed by atoms with Gasteiger partial charge in [0.25, 0.3) is 0 Å². The number of rotatable bonds is 7. The third-order valence-electron chi connectivity index (χ3n) is 2.72. The lowest BCUT2D eigenvalue weighted by molar-refractivity contribution is 0.0988. The monoisotopic (exact) mass is 304 g/mol. The van der Waals surface area contributed by atoms with Crippen molar-refractivity contribution < 1.29 is 9.59 Å². The summed E-state index contributed by atoms with van der Waals surface area (Å²) in [4.78, 5) is 24.2. The van der Waals surface area contributed by atoms with Crippen molar-refractivity contribution in [3.05, 3.63) is 53.6 Å². The molecular formula is C16H20N2O2S. The van der Waals surface area contributed by atoms with Crippen LogP contribution in [0.1, 0.15) is 29.3 Å². The Balaban J connectivity index is 2.73. The minimum atomic E-state index is -0.328. The Morgan fingerprint density at radius 3 is 2.71 bits per heavy atom. The second kappa shape index (κ2) is 8.32. The van der Waals surface area contributed by atoms with Gasteiger partial charge in [-0.25, -0.2) is 4.79 Å². The van der Waals surface area contributed by atoms with Gasteiger partial charge in [-0.1, -0.05) is 43.5 Å². The summed E-state index contributed by atoms with van der Waals surface area (Å²) in [5.74, 6) is 0.0964. The molecule has 0 bridgehead atoms. The zero-order valence-corrected chi connectivity index (χ0v) is 13.2. The Bertz CT molecular complexity index is 567. The van der Waals surface area contributed by atoms with Gasteiger partial charge < -0.3 is 10.6 Å². The molecule has 0 aliphatic rings. The van der Waals surface area contributed by atoms with Crippen molar-refractivity contribution >= 4 is 23.6 Å².